The molecular formula is C26H36O4Ta2Te2. The minimum absolute atomic E-state index is 0. The molecule has 2 aliphatic rings. The molecule has 4 nitrogen and oxygen atoms in total. The minimum atomic E-state index is 0. The molecule has 2 aliphatic carbocycles. The van der Waals surface area contributed by atoms with Crippen molar-refractivity contribution in [2.75, 3.05) is 0 Å². The van der Waals surface area contributed by atoms with Gasteiger partial charge >= 0.3 is 99.7 Å². The van der Waals surface area contributed by atoms with Crippen LogP contribution in [0.4, 0.5) is 0 Å². The van der Waals surface area contributed by atoms with E-state index in [2.05, 4.69) is 95.8 Å². The molecular weight excluding hydrogens is 993 g/mol. The second kappa shape index (κ2) is 39.5. The average Bonchev–Trinajstić information content (AvgIpc) is 3.16. The molecule has 0 aromatic carbocycles. The van der Waals surface area contributed by atoms with E-state index >= 15 is 0 Å². The van der Waals surface area contributed by atoms with Crippen LogP contribution in [0, 0.1) is 85.8 Å². The second-order valence-corrected chi connectivity index (χ2v) is 6.25. The summed E-state index contributed by atoms with van der Waals surface area (Å²) in [7, 11) is 0. The second-order valence-electron chi connectivity index (χ2n) is 6.25. The first kappa shape index (κ1) is 56.3. The van der Waals surface area contributed by atoms with Crippen LogP contribution in [-0.2, 0) is 63.4 Å². The molecule has 0 unspecified atom stereocenters. The van der Waals surface area contributed by atoms with Crippen LogP contribution in [0.3, 0.4) is 0 Å². The molecule has 0 spiro atoms. The van der Waals surface area contributed by atoms with E-state index in [1.807, 2.05) is 54.5 Å². The van der Waals surface area contributed by atoms with Gasteiger partial charge in [0.25, 0.3) is 0 Å². The maximum Gasteiger partial charge on any atom is 0 e. The predicted octanol–water partition coefficient (Wildman–Crippen LogP) is 6.19. The van der Waals surface area contributed by atoms with Crippen LogP contribution in [0.2, 0.25) is 9.94 Å². The molecule has 0 aliphatic heterocycles. The van der Waals surface area contributed by atoms with Gasteiger partial charge in [0.1, 0.15) is 0 Å². The van der Waals surface area contributed by atoms with Gasteiger partial charge in [-0.25, -0.2) is 0 Å². The normalized spacial score (nSPS) is 17.4. The molecule has 0 aromatic rings. The summed E-state index contributed by atoms with van der Waals surface area (Å²) in [5.41, 5.74) is 0. The van der Waals surface area contributed by atoms with Crippen LogP contribution in [0.5, 0.6) is 0 Å². The molecule has 2 fully saturated rings. The summed E-state index contributed by atoms with van der Waals surface area (Å²) in [5.74, 6) is 14.7. The standard InChI is InChI=1S/2C10H15.4CO.2CH3Te.2Ta/c2*1-6-7(2)9(4)10(5)8(6)3;6*1-2;;/h2*1-5H3;;;;;2*1H3;;. The summed E-state index contributed by atoms with van der Waals surface area (Å²) in [6.45, 7) is 40.0. The SMILES string of the molecule is C[C]1[C](C)[C](C)[C](C)[C]1C.C[C]1[C](C)[C](C)[C](C)[C]1C.C[Te].C[Te].[C-]#[O+].[C-]#[O+].[C-]#[O+].[C-]#[O+].[Ta].[Ta]. The van der Waals surface area contributed by atoms with E-state index < -0.39 is 0 Å². The van der Waals surface area contributed by atoms with Gasteiger partial charge in [0, 0.05) is 44.8 Å². The van der Waals surface area contributed by atoms with Gasteiger partial charge in [-0.3, -0.25) is 0 Å². The van der Waals surface area contributed by atoms with Crippen molar-refractivity contribution >= 4 is 44.6 Å². The van der Waals surface area contributed by atoms with Crippen LogP contribution in [0.25, 0.3) is 0 Å². The van der Waals surface area contributed by atoms with Gasteiger partial charge in [-0.15, -0.1) is 0 Å². The fourth-order valence-electron chi connectivity index (χ4n) is 2.81. The molecule has 0 bridgehead atoms. The molecule has 0 atom stereocenters. The Balaban J connectivity index is -0.0000000442. The molecule has 34 heavy (non-hydrogen) atoms. The van der Waals surface area contributed by atoms with E-state index in [0.717, 1.165) is 0 Å². The molecule has 0 heterocycles. The van der Waals surface area contributed by atoms with Gasteiger partial charge in [-0.1, -0.05) is 69.2 Å². The Labute approximate surface area is 270 Å². The van der Waals surface area contributed by atoms with Crippen LogP contribution >= 0.6 is 0 Å². The van der Waals surface area contributed by atoms with Gasteiger partial charge < -0.3 is 0 Å². The van der Waals surface area contributed by atoms with Crippen molar-refractivity contribution in [3.63, 3.8) is 0 Å². The molecule has 14 radical (unpaired) electrons. The van der Waals surface area contributed by atoms with Crippen LogP contribution < -0.4 is 0 Å². The third-order valence-electron chi connectivity index (χ3n) is 5.62. The Hall–Kier alpha value is 2.02. The maximum absolute atomic E-state index is 7.50. The Kier molecular flexibility index (Phi) is 65.4. The number of hydrogen-bond acceptors (Lipinski definition) is 0. The van der Waals surface area contributed by atoms with Crippen molar-refractivity contribution in [2.24, 2.45) is 0 Å². The first-order valence-corrected chi connectivity index (χ1v) is 13.8. The van der Waals surface area contributed by atoms with Crippen LogP contribution in [0.1, 0.15) is 69.2 Å². The zero-order chi connectivity index (χ0) is 27.8. The smallest absolute Gasteiger partial charge is 0 e. The predicted molar refractivity (Wildman–Crippen MR) is 128 cm³/mol. The third-order valence-corrected chi connectivity index (χ3v) is 5.62. The molecule has 2 saturated carbocycles. The summed E-state index contributed by atoms with van der Waals surface area (Å²) in [5, 5.41) is 0. The Morgan fingerprint density at radius 1 is 0.294 bits per heavy atom. The largest absolute Gasteiger partial charge is 0 e. The Bertz CT molecular complexity index is 329. The van der Waals surface area contributed by atoms with Crippen LogP contribution in [-0.4, -0.2) is 44.6 Å². The van der Waals surface area contributed by atoms with E-state index in [9.17, 15) is 0 Å². The third kappa shape index (κ3) is 21.0. The molecule has 0 saturated heterocycles. The van der Waals surface area contributed by atoms with Crippen molar-refractivity contribution in [3.05, 3.63) is 85.8 Å². The summed E-state index contributed by atoms with van der Waals surface area (Å²) < 4.78 is 30.0. The summed E-state index contributed by atoms with van der Waals surface area (Å²) in [4.78, 5) is 4.02. The van der Waals surface area contributed by atoms with Gasteiger partial charge in [-0.2, -0.15) is 0 Å². The Morgan fingerprint density at radius 2 is 0.324 bits per heavy atom. The summed E-state index contributed by atoms with van der Waals surface area (Å²) in [6.07, 6.45) is 0. The van der Waals surface area contributed by atoms with Crippen molar-refractivity contribution in [1.82, 2.24) is 0 Å². The number of rotatable bonds is 0. The monoisotopic (exact) mass is 1030 g/mol. The first-order valence-electron chi connectivity index (χ1n) is 9.13. The van der Waals surface area contributed by atoms with E-state index in [1.165, 1.54) is 59.2 Å². The Morgan fingerprint density at radius 3 is 0.353 bits per heavy atom. The fraction of sp³-hybridized carbons (Fsp3) is 0.462. The topological polar surface area (TPSA) is 79.6 Å². The van der Waals surface area contributed by atoms with Gasteiger partial charge in [0.05, 0.1) is 0 Å². The van der Waals surface area contributed by atoms with Gasteiger partial charge in [-0.05, 0) is 59.2 Å². The van der Waals surface area contributed by atoms with Crippen molar-refractivity contribution < 1.29 is 63.4 Å². The summed E-state index contributed by atoms with van der Waals surface area (Å²) in [6, 6.07) is 0. The molecule has 0 aromatic heterocycles. The van der Waals surface area contributed by atoms with Crippen LogP contribution in [0.15, 0.2) is 0 Å². The average molecular weight is 1030 g/mol. The van der Waals surface area contributed by atoms with Crippen molar-refractivity contribution in [1.29, 1.82) is 0 Å². The van der Waals surface area contributed by atoms with Gasteiger partial charge in [0.2, 0.25) is 0 Å². The molecule has 186 valence electrons. The molecule has 0 N–H and O–H groups in total. The van der Waals surface area contributed by atoms with E-state index in [-0.39, 0.29) is 44.8 Å². The number of hydrogen-bond donors (Lipinski definition) is 0. The minimum Gasteiger partial charge on any atom is 0 e. The quantitative estimate of drug-likeness (QED) is 0.158. The molecule has 8 heteroatoms. The van der Waals surface area contributed by atoms with Crippen molar-refractivity contribution in [2.45, 2.75) is 79.2 Å². The summed E-state index contributed by atoms with van der Waals surface area (Å²) >= 11 is 3.90. The van der Waals surface area contributed by atoms with Crippen molar-refractivity contribution in [3.8, 4) is 0 Å². The molecule has 0 amide bonds. The fourth-order valence-corrected chi connectivity index (χ4v) is 2.81. The van der Waals surface area contributed by atoms with E-state index in [4.69, 9.17) is 18.6 Å². The zero-order valence-electron chi connectivity index (χ0n) is 22.3. The zero-order valence-corrected chi connectivity index (χ0v) is 33.4. The van der Waals surface area contributed by atoms with E-state index in [0.29, 0.717) is 0 Å². The van der Waals surface area contributed by atoms with Gasteiger partial charge in [0.15, 0.2) is 0 Å². The maximum atomic E-state index is 7.50. The molecule has 2 rings (SSSR count). The first-order chi connectivity index (χ1) is 15.1. The van der Waals surface area contributed by atoms with E-state index in [1.54, 1.807) is 0 Å².